The van der Waals surface area contributed by atoms with Gasteiger partial charge in [-0.15, -0.1) is 0 Å². The zero-order valence-corrected chi connectivity index (χ0v) is 12.2. The molecule has 4 nitrogen and oxygen atoms in total. The Hall–Kier alpha value is -2.46. The van der Waals surface area contributed by atoms with Gasteiger partial charge in [0.2, 0.25) is 0 Å². The van der Waals surface area contributed by atoms with Crippen LogP contribution < -0.4 is 5.32 Å². The molecule has 1 atom stereocenters. The van der Waals surface area contributed by atoms with Crippen molar-refractivity contribution < 1.29 is 0 Å². The molecule has 0 aliphatic rings. The second kappa shape index (κ2) is 5.89. The Morgan fingerprint density at radius 3 is 2.62 bits per heavy atom. The van der Waals surface area contributed by atoms with Gasteiger partial charge in [-0.2, -0.15) is 5.10 Å². The molecular formula is C17H18N4. The van der Waals surface area contributed by atoms with Crippen molar-refractivity contribution in [1.29, 1.82) is 0 Å². The highest BCUT2D eigenvalue weighted by atomic mass is 15.3. The number of hydrogen-bond acceptors (Lipinski definition) is 3. The highest BCUT2D eigenvalue weighted by Gasteiger charge is 2.15. The monoisotopic (exact) mass is 278 g/mol. The number of nitrogens with zero attached hydrogens (tertiary/aromatic N) is 3. The van der Waals surface area contributed by atoms with Crippen molar-refractivity contribution in [2.24, 2.45) is 0 Å². The van der Waals surface area contributed by atoms with E-state index in [2.05, 4.69) is 21.5 Å². The Kier molecular flexibility index (Phi) is 3.79. The highest BCUT2D eigenvalue weighted by molar-refractivity contribution is 5.32. The molecule has 1 aromatic carbocycles. The molecule has 2 aromatic heterocycles. The molecule has 0 spiro atoms. The summed E-state index contributed by atoms with van der Waals surface area (Å²) in [7, 11) is 1.94. The Labute approximate surface area is 124 Å². The maximum absolute atomic E-state index is 4.68. The van der Waals surface area contributed by atoms with Crippen molar-refractivity contribution in [3.63, 3.8) is 0 Å². The lowest BCUT2D eigenvalue weighted by molar-refractivity contribution is 0.654. The molecule has 21 heavy (non-hydrogen) atoms. The average molecular weight is 278 g/mol. The minimum atomic E-state index is 0.0439. The number of aromatic nitrogens is 3. The van der Waals surface area contributed by atoms with Crippen molar-refractivity contribution in [1.82, 2.24) is 20.1 Å². The molecule has 2 heterocycles. The molecular weight excluding hydrogens is 260 g/mol. The summed E-state index contributed by atoms with van der Waals surface area (Å²) in [4.78, 5) is 4.27. The molecule has 0 aliphatic heterocycles. The first-order chi connectivity index (χ1) is 10.3. The fourth-order valence-electron chi connectivity index (χ4n) is 2.44. The second-order valence-electron chi connectivity index (χ2n) is 5.04. The van der Waals surface area contributed by atoms with Gasteiger partial charge in [-0.25, -0.2) is 4.68 Å². The van der Waals surface area contributed by atoms with Crippen LogP contribution in [0.3, 0.4) is 0 Å². The van der Waals surface area contributed by atoms with E-state index in [1.807, 2.05) is 73.6 Å². The lowest BCUT2D eigenvalue weighted by atomic mass is 10.1. The molecule has 0 fully saturated rings. The summed E-state index contributed by atoms with van der Waals surface area (Å²) in [6, 6.07) is 14.3. The first kappa shape index (κ1) is 13.5. The molecule has 3 aromatic rings. The van der Waals surface area contributed by atoms with E-state index in [9.17, 15) is 0 Å². The minimum Gasteiger partial charge on any atom is -0.308 e. The first-order valence-corrected chi connectivity index (χ1v) is 6.98. The van der Waals surface area contributed by atoms with Gasteiger partial charge in [0.25, 0.3) is 0 Å². The molecule has 0 saturated heterocycles. The predicted molar refractivity (Wildman–Crippen MR) is 83.4 cm³/mol. The van der Waals surface area contributed by atoms with E-state index in [1.54, 1.807) is 0 Å². The molecule has 1 unspecified atom stereocenters. The standard InChI is InChI=1S/C17H18N4/c1-13-10-14(12-19-11-13)17(18-2)16-8-9-21(20-16)15-6-4-3-5-7-15/h3-12,17-18H,1-2H3. The summed E-state index contributed by atoms with van der Waals surface area (Å²) >= 11 is 0. The maximum Gasteiger partial charge on any atom is 0.0844 e. The maximum atomic E-state index is 4.68. The van der Waals surface area contributed by atoms with Gasteiger partial charge < -0.3 is 5.32 Å². The Balaban J connectivity index is 1.94. The summed E-state index contributed by atoms with van der Waals surface area (Å²) in [5, 5.41) is 7.99. The SMILES string of the molecule is CNC(c1cncc(C)c1)c1ccn(-c2ccccc2)n1. The zero-order chi connectivity index (χ0) is 14.7. The Bertz CT molecular complexity index is 718. The quantitative estimate of drug-likeness (QED) is 0.798. The van der Waals surface area contributed by atoms with Crippen LogP contribution in [-0.4, -0.2) is 21.8 Å². The molecule has 0 saturated carbocycles. The number of benzene rings is 1. The van der Waals surface area contributed by atoms with Crippen LogP contribution in [0.4, 0.5) is 0 Å². The van der Waals surface area contributed by atoms with Gasteiger partial charge >= 0.3 is 0 Å². The number of para-hydroxylation sites is 1. The fraction of sp³-hybridized carbons (Fsp3) is 0.176. The summed E-state index contributed by atoms with van der Waals surface area (Å²) in [6.07, 6.45) is 5.73. The minimum absolute atomic E-state index is 0.0439. The molecule has 0 amide bonds. The second-order valence-corrected chi connectivity index (χ2v) is 5.04. The third kappa shape index (κ3) is 2.85. The van der Waals surface area contributed by atoms with Gasteiger partial charge in [0.1, 0.15) is 0 Å². The molecule has 3 rings (SSSR count). The number of rotatable bonds is 4. The van der Waals surface area contributed by atoms with Gasteiger partial charge in [0.15, 0.2) is 0 Å². The van der Waals surface area contributed by atoms with Crippen molar-refractivity contribution >= 4 is 0 Å². The smallest absolute Gasteiger partial charge is 0.0844 e. The van der Waals surface area contributed by atoms with E-state index >= 15 is 0 Å². The third-order valence-electron chi connectivity index (χ3n) is 3.44. The molecule has 0 radical (unpaired) electrons. The van der Waals surface area contributed by atoms with Crippen molar-refractivity contribution in [3.8, 4) is 5.69 Å². The van der Waals surface area contributed by atoms with E-state index in [0.717, 1.165) is 22.5 Å². The summed E-state index contributed by atoms with van der Waals surface area (Å²) in [6.45, 7) is 2.05. The predicted octanol–water partition coefficient (Wildman–Crippen LogP) is 2.88. The van der Waals surface area contributed by atoms with Crippen LogP contribution in [0.1, 0.15) is 22.9 Å². The Morgan fingerprint density at radius 1 is 1.10 bits per heavy atom. The molecule has 1 N–H and O–H groups in total. The van der Waals surface area contributed by atoms with Crippen LogP contribution in [0.25, 0.3) is 5.69 Å². The first-order valence-electron chi connectivity index (χ1n) is 6.98. The van der Waals surface area contributed by atoms with Crippen molar-refractivity contribution in [2.45, 2.75) is 13.0 Å². The topological polar surface area (TPSA) is 42.7 Å². The summed E-state index contributed by atoms with van der Waals surface area (Å²) in [5.74, 6) is 0. The molecule has 106 valence electrons. The van der Waals surface area contributed by atoms with Crippen LogP contribution in [0, 0.1) is 6.92 Å². The highest BCUT2D eigenvalue weighted by Crippen LogP contribution is 2.21. The average Bonchev–Trinajstić information content (AvgIpc) is 2.99. The van der Waals surface area contributed by atoms with E-state index in [4.69, 9.17) is 0 Å². The number of nitrogens with one attached hydrogen (secondary N) is 1. The number of aryl methyl sites for hydroxylation is 1. The van der Waals surface area contributed by atoms with Crippen LogP contribution in [0.2, 0.25) is 0 Å². The van der Waals surface area contributed by atoms with Gasteiger partial charge in [-0.1, -0.05) is 24.3 Å². The van der Waals surface area contributed by atoms with Gasteiger partial charge in [-0.05, 0) is 43.3 Å². The van der Waals surface area contributed by atoms with Crippen molar-refractivity contribution in [2.75, 3.05) is 7.05 Å². The third-order valence-corrected chi connectivity index (χ3v) is 3.44. The summed E-state index contributed by atoms with van der Waals surface area (Å²) in [5.41, 5.74) is 4.31. The largest absolute Gasteiger partial charge is 0.308 e. The van der Waals surface area contributed by atoms with E-state index in [0.29, 0.717) is 0 Å². The normalized spacial score (nSPS) is 12.3. The molecule has 4 heteroatoms. The van der Waals surface area contributed by atoms with Crippen LogP contribution in [0.5, 0.6) is 0 Å². The van der Waals surface area contributed by atoms with Gasteiger partial charge in [-0.3, -0.25) is 4.98 Å². The molecule has 0 bridgehead atoms. The van der Waals surface area contributed by atoms with E-state index < -0.39 is 0 Å². The van der Waals surface area contributed by atoms with Crippen LogP contribution >= 0.6 is 0 Å². The zero-order valence-electron chi connectivity index (χ0n) is 12.2. The summed E-state index contributed by atoms with van der Waals surface area (Å²) < 4.78 is 1.89. The fourth-order valence-corrected chi connectivity index (χ4v) is 2.44. The van der Waals surface area contributed by atoms with Crippen LogP contribution in [-0.2, 0) is 0 Å². The molecule has 0 aliphatic carbocycles. The van der Waals surface area contributed by atoms with Gasteiger partial charge in [0.05, 0.1) is 17.4 Å². The van der Waals surface area contributed by atoms with Gasteiger partial charge in [0, 0.05) is 18.6 Å². The lowest BCUT2D eigenvalue weighted by Crippen LogP contribution is -2.18. The lowest BCUT2D eigenvalue weighted by Gasteiger charge is -2.14. The van der Waals surface area contributed by atoms with Crippen LogP contribution in [0.15, 0.2) is 61.1 Å². The number of pyridine rings is 1. The Morgan fingerprint density at radius 2 is 1.90 bits per heavy atom. The van der Waals surface area contributed by atoms with Crippen molar-refractivity contribution in [3.05, 3.63) is 77.9 Å². The number of hydrogen-bond donors (Lipinski definition) is 1. The van der Waals surface area contributed by atoms with E-state index in [1.165, 1.54) is 0 Å². The van der Waals surface area contributed by atoms with E-state index in [-0.39, 0.29) is 6.04 Å².